The van der Waals surface area contributed by atoms with Crippen LogP contribution in [0.1, 0.15) is 34.4 Å². The summed E-state index contributed by atoms with van der Waals surface area (Å²) in [6.45, 7) is 1.58. The van der Waals surface area contributed by atoms with Crippen LogP contribution in [0.4, 0.5) is 17.6 Å². The number of hydrogen-bond donors (Lipinski definition) is 1. The van der Waals surface area contributed by atoms with E-state index in [9.17, 15) is 27.5 Å². The molecule has 1 aliphatic rings. The summed E-state index contributed by atoms with van der Waals surface area (Å²) in [6, 6.07) is 0.414. The molecule has 3 aromatic heterocycles. The average Bonchev–Trinajstić information content (AvgIpc) is 3.09. The molecule has 1 N–H and O–H groups in total. The van der Waals surface area contributed by atoms with Gasteiger partial charge >= 0.3 is 6.18 Å². The summed E-state index contributed by atoms with van der Waals surface area (Å²) in [4.78, 5) is 25.0. The van der Waals surface area contributed by atoms with Gasteiger partial charge in [-0.3, -0.25) is 4.79 Å². The standard InChI is InChI=1S/C17H13F4N7O2/c1-8-4-12-11(25-26-28(12)16-23-5-9(29)6-24-16)7-27(8)15(30)10-2-3-22-14(13(10)18)17(19,20)21/h2-3,5-6,8,29H,4,7H2,1H3. The molecule has 0 bridgehead atoms. The molecule has 1 atom stereocenters. The van der Waals surface area contributed by atoms with E-state index in [-0.39, 0.29) is 24.7 Å². The zero-order chi connectivity index (χ0) is 21.6. The van der Waals surface area contributed by atoms with E-state index in [4.69, 9.17) is 0 Å². The third-order valence-electron chi connectivity index (χ3n) is 4.65. The van der Waals surface area contributed by atoms with Gasteiger partial charge in [-0.25, -0.2) is 19.3 Å². The van der Waals surface area contributed by atoms with Gasteiger partial charge in [0.05, 0.1) is 30.2 Å². The zero-order valence-electron chi connectivity index (χ0n) is 15.3. The summed E-state index contributed by atoms with van der Waals surface area (Å²) in [6.07, 6.45) is -1.67. The number of amides is 1. The van der Waals surface area contributed by atoms with Crippen LogP contribution < -0.4 is 0 Å². The Morgan fingerprint density at radius 3 is 2.60 bits per heavy atom. The first-order valence-electron chi connectivity index (χ1n) is 8.64. The number of pyridine rings is 1. The number of hydrogen-bond acceptors (Lipinski definition) is 7. The van der Waals surface area contributed by atoms with Crippen LogP contribution >= 0.6 is 0 Å². The normalized spacial score (nSPS) is 16.4. The summed E-state index contributed by atoms with van der Waals surface area (Å²) < 4.78 is 54.5. The molecule has 1 unspecified atom stereocenters. The molecule has 156 valence electrons. The minimum absolute atomic E-state index is 0.0868. The molecule has 0 fully saturated rings. The molecule has 4 heterocycles. The van der Waals surface area contributed by atoms with Gasteiger partial charge in [-0.1, -0.05) is 5.21 Å². The Kier molecular flexibility index (Phi) is 4.59. The Balaban J connectivity index is 1.65. The van der Waals surface area contributed by atoms with E-state index in [0.717, 1.165) is 12.3 Å². The third kappa shape index (κ3) is 3.31. The minimum atomic E-state index is -5.02. The lowest BCUT2D eigenvalue weighted by Crippen LogP contribution is -2.43. The summed E-state index contributed by atoms with van der Waals surface area (Å²) in [5.41, 5.74) is -1.48. The lowest BCUT2D eigenvalue weighted by Gasteiger charge is -2.33. The van der Waals surface area contributed by atoms with E-state index in [2.05, 4.69) is 25.3 Å². The second kappa shape index (κ2) is 7.00. The molecule has 3 aromatic rings. The molecular weight excluding hydrogens is 410 g/mol. The van der Waals surface area contributed by atoms with Gasteiger partial charge < -0.3 is 10.0 Å². The van der Waals surface area contributed by atoms with Gasteiger partial charge in [0.15, 0.2) is 17.3 Å². The van der Waals surface area contributed by atoms with Gasteiger partial charge in [-0.2, -0.15) is 17.9 Å². The topological polar surface area (TPSA) is 110 Å². The number of carbonyl (C=O) groups excluding carboxylic acids is 1. The molecular formula is C17H13F4N7O2. The van der Waals surface area contributed by atoms with Crippen LogP contribution in [0, 0.1) is 5.82 Å². The lowest BCUT2D eigenvalue weighted by atomic mass is 10.0. The monoisotopic (exact) mass is 423 g/mol. The van der Waals surface area contributed by atoms with Crippen molar-refractivity contribution in [3.05, 3.63) is 53.1 Å². The highest BCUT2D eigenvalue weighted by Crippen LogP contribution is 2.32. The fourth-order valence-corrected chi connectivity index (χ4v) is 3.18. The van der Waals surface area contributed by atoms with E-state index < -0.39 is 35.2 Å². The maximum Gasteiger partial charge on any atom is 0.436 e. The molecule has 13 heteroatoms. The number of nitrogens with zero attached hydrogens (tertiary/aromatic N) is 7. The summed E-state index contributed by atoms with van der Waals surface area (Å²) >= 11 is 0. The largest absolute Gasteiger partial charge is 0.505 e. The molecule has 0 aromatic carbocycles. The van der Waals surface area contributed by atoms with Crippen molar-refractivity contribution in [2.45, 2.75) is 32.1 Å². The zero-order valence-corrected chi connectivity index (χ0v) is 15.3. The molecule has 0 aliphatic carbocycles. The Bertz CT molecular complexity index is 1110. The SMILES string of the molecule is CC1Cc2c(nnn2-c2ncc(O)cn2)CN1C(=O)c1ccnc(C(F)(F)F)c1F. The van der Waals surface area contributed by atoms with Crippen LogP contribution in [-0.4, -0.2) is 51.9 Å². The highest BCUT2D eigenvalue weighted by Gasteiger charge is 2.39. The molecule has 9 nitrogen and oxygen atoms in total. The molecule has 1 aliphatic heterocycles. The number of carbonyl (C=O) groups is 1. The van der Waals surface area contributed by atoms with E-state index in [1.807, 2.05) is 0 Å². The van der Waals surface area contributed by atoms with Crippen molar-refractivity contribution < 1.29 is 27.5 Å². The fraction of sp³-hybridized carbons (Fsp3) is 0.294. The van der Waals surface area contributed by atoms with Gasteiger partial charge in [0.2, 0.25) is 0 Å². The third-order valence-corrected chi connectivity index (χ3v) is 4.65. The first-order chi connectivity index (χ1) is 14.2. The first-order valence-corrected chi connectivity index (χ1v) is 8.64. The Hall–Kier alpha value is -3.64. The number of aromatic nitrogens is 6. The average molecular weight is 423 g/mol. The van der Waals surface area contributed by atoms with Crippen LogP contribution in [0.3, 0.4) is 0 Å². The molecule has 30 heavy (non-hydrogen) atoms. The van der Waals surface area contributed by atoms with E-state index in [0.29, 0.717) is 11.4 Å². The second-order valence-corrected chi connectivity index (χ2v) is 6.64. The predicted molar refractivity (Wildman–Crippen MR) is 90.9 cm³/mol. The maximum atomic E-state index is 14.4. The van der Waals surface area contributed by atoms with Crippen LogP contribution in [0.15, 0.2) is 24.7 Å². The number of alkyl halides is 3. The van der Waals surface area contributed by atoms with Gasteiger partial charge in [0.25, 0.3) is 11.9 Å². The molecule has 4 rings (SSSR count). The van der Waals surface area contributed by atoms with Crippen LogP contribution in [0.5, 0.6) is 5.75 Å². The maximum absolute atomic E-state index is 14.4. The second-order valence-electron chi connectivity index (χ2n) is 6.64. The smallest absolute Gasteiger partial charge is 0.436 e. The fourth-order valence-electron chi connectivity index (χ4n) is 3.18. The van der Waals surface area contributed by atoms with Crippen molar-refractivity contribution in [1.29, 1.82) is 0 Å². The van der Waals surface area contributed by atoms with E-state index in [1.165, 1.54) is 22.0 Å². The highest BCUT2D eigenvalue weighted by molar-refractivity contribution is 5.95. The quantitative estimate of drug-likeness (QED) is 0.627. The Morgan fingerprint density at radius 2 is 1.93 bits per heavy atom. The molecule has 1 amide bonds. The highest BCUT2D eigenvalue weighted by atomic mass is 19.4. The molecule has 0 saturated heterocycles. The van der Waals surface area contributed by atoms with Crippen molar-refractivity contribution in [2.24, 2.45) is 0 Å². The molecule has 0 spiro atoms. The summed E-state index contributed by atoms with van der Waals surface area (Å²) in [7, 11) is 0. The van der Waals surface area contributed by atoms with Crippen molar-refractivity contribution in [3.8, 4) is 11.7 Å². The van der Waals surface area contributed by atoms with Crippen molar-refractivity contribution in [1.82, 2.24) is 34.8 Å². The van der Waals surface area contributed by atoms with Crippen molar-refractivity contribution in [2.75, 3.05) is 0 Å². The summed E-state index contributed by atoms with van der Waals surface area (Å²) in [5.74, 6) is -2.60. The Labute approximate surface area is 166 Å². The minimum Gasteiger partial charge on any atom is -0.505 e. The number of rotatable bonds is 2. The number of fused-ring (bicyclic) bond motifs is 1. The number of aromatic hydroxyl groups is 1. The number of halogens is 4. The van der Waals surface area contributed by atoms with Gasteiger partial charge in [0.1, 0.15) is 5.69 Å². The summed E-state index contributed by atoms with van der Waals surface area (Å²) in [5, 5.41) is 17.2. The lowest BCUT2D eigenvalue weighted by molar-refractivity contribution is -0.143. The van der Waals surface area contributed by atoms with Gasteiger partial charge in [-0.05, 0) is 13.0 Å². The first kappa shape index (κ1) is 19.7. The molecule has 0 saturated carbocycles. The van der Waals surface area contributed by atoms with Crippen molar-refractivity contribution in [3.63, 3.8) is 0 Å². The van der Waals surface area contributed by atoms with Crippen molar-refractivity contribution >= 4 is 5.91 Å². The Morgan fingerprint density at radius 1 is 1.23 bits per heavy atom. The van der Waals surface area contributed by atoms with Crippen LogP contribution in [-0.2, 0) is 19.1 Å². The van der Waals surface area contributed by atoms with Gasteiger partial charge in [-0.15, -0.1) is 5.10 Å². The van der Waals surface area contributed by atoms with E-state index in [1.54, 1.807) is 6.92 Å². The van der Waals surface area contributed by atoms with Gasteiger partial charge in [0, 0.05) is 18.7 Å². The molecule has 0 radical (unpaired) electrons. The van der Waals surface area contributed by atoms with Crippen LogP contribution in [0.2, 0.25) is 0 Å². The van der Waals surface area contributed by atoms with E-state index >= 15 is 0 Å². The predicted octanol–water partition coefficient (Wildman–Crippen LogP) is 1.90. The van der Waals surface area contributed by atoms with Crippen LogP contribution in [0.25, 0.3) is 5.95 Å².